The molecule has 152 valence electrons. The van der Waals surface area contributed by atoms with Gasteiger partial charge < -0.3 is 19.9 Å². The number of fused-ring (bicyclic) bond motifs is 1. The molecule has 0 bridgehead atoms. The maximum absolute atomic E-state index is 12.3. The summed E-state index contributed by atoms with van der Waals surface area (Å²) in [5, 5.41) is 30.7. The number of carbonyl (C=O) groups is 1. The first kappa shape index (κ1) is 18.9. The summed E-state index contributed by atoms with van der Waals surface area (Å²) in [5.41, 5.74) is 3.94. The highest BCUT2D eigenvalue weighted by Crippen LogP contribution is 2.35. The molecule has 1 aliphatic heterocycles. The van der Waals surface area contributed by atoms with Crippen LogP contribution in [0, 0.1) is 0 Å². The number of hydrogen-bond acceptors (Lipinski definition) is 6. The van der Waals surface area contributed by atoms with Gasteiger partial charge in [-0.25, -0.2) is 0 Å². The minimum absolute atomic E-state index is 0.106. The molecule has 0 saturated heterocycles. The van der Waals surface area contributed by atoms with E-state index < -0.39 is 0 Å². The lowest BCUT2D eigenvalue weighted by molar-refractivity contribution is -0.110. The number of nitrogens with zero attached hydrogens (tertiary/aromatic N) is 2. The average molecular weight is 432 g/mol. The number of rotatable bonds is 3. The van der Waals surface area contributed by atoms with Gasteiger partial charge in [0.05, 0.1) is 0 Å². The van der Waals surface area contributed by atoms with Crippen LogP contribution in [0.2, 0.25) is 5.02 Å². The zero-order valence-corrected chi connectivity index (χ0v) is 16.6. The van der Waals surface area contributed by atoms with Gasteiger partial charge in [0, 0.05) is 39.0 Å². The molecule has 5 rings (SSSR count). The minimum Gasteiger partial charge on any atom is -0.508 e. The molecule has 0 saturated carbocycles. The van der Waals surface area contributed by atoms with E-state index in [1.807, 2.05) is 12.1 Å². The summed E-state index contributed by atoms with van der Waals surface area (Å²) in [6, 6.07) is 16.6. The van der Waals surface area contributed by atoms with Gasteiger partial charge in [-0.15, -0.1) is 10.2 Å². The van der Waals surface area contributed by atoms with Gasteiger partial charge >= 0.3 is 0 Å². The van der Waals surface area contributed by atoms with Crippen LogP contribution in [0.1, 0.15) is 11.1 Å². The van der Waals surface area contributed by atoms with Gasteiger partial charge in [0.1, 0.15) is 11.5 Å². The maximum Gasteiger partial charge on any atom is 0.256 e. The molecule has 0 fully saturated rings. The van der Waals surface area contributed by atoms with Gasteiger partial charge in [-0.05, 0) is 54.1 Å². The van der Waals surface area contributed by atoms with Crippen molar-refractivity contribution in [1.29, 1.82) is 0 Å². The Morgan fingerprint density at radius 2 is 1.55 bits per heavy atom. The molecule has 31 heavy (non-hydrogen) atoms. The van der Waals surface area contributed by atoms with Crippen molar-refractivity contribution in [3.05, 3.63) is 76.8 Å². The van der Waals surface area contributed by atoms with Crippen molar-refractivity contribution in [3.63, 3.8) is 0 Å². The summed E-state index contributed by atoms with van der Waals surface area (Å²) in [6.45, 7) is 0. The Morgan fingerprint density at radius 1 is 0.871 bits per heavy atom. The Labute approximate surface area is 181 Å². The average Bonchev–Trinajstić information content (AvgIpc) is 3.34. The molecular formula is C23H14ClN3O4. The third-order valence-corrected chi connectivity index (χ3v) is 5.04. The smallest absolute Gasteiger partial charge is 0.256 e. The second kappa shape index (κ2) is 7.30. The van der Waals surface area contributed by atoms with Crippen molar-refractivity contribution in [3.8, 4) is 34.4 Å². The highest BCUT2D eigenvalue weighted by molar-refractivity contribution is 6.36. The Balaban J connectivity index is 1.43. The minimum atomic E-state index is -0.183. The zero-order valence-electron chi connectivity index (χ0n) is 15.8. The van der Waals surface area contributed by atoms with Crippen molar-refractivity contribution in [1.82, 2.24) is 10.2 Å². The fraction of sp³-hybridized carbons (Fsp3) is 0. The Bertz CT molecular complexity index is 1340. The van der Waals surface area contributed by atoms with Gasteiger partial charge in [0.25, 0.3) is 5.91 Å². The lowest BCUT2D eigenvalue weighted by Gasteiger charge is -2.01. The van der Waals surface area contributed by atoms with Gasteiger partial charge in [0.2, 0.25) is 11.8 Å². The highest BCUT2D eigenvalue weighted by Gasteiger charge is 2.24. The number of phenols is 2. The number of halogens is 1. The highest BCUT2D eigenvalue weighted by atomic mass is 35.5. The molecule has 0 radical (unpaired) electrons. The fourth-order valence-electron chi connectivity index (χ4n) is 3.37. The van der Waals surface area contributed by atoms with Crippen LogP contribution in [0.5, 0.6) is 11.5 Å². The fourth-order valence-corrected chi connectivity index (χ4v) is 3.54. The topological polar surface area (TPSA) is 108 Å². The van der Waals surface area contributed by atoms with E-state index in [9.17, 15) is 15.0 Å². The molecule has 3 N–H and O–H groups in total. The molecule has 1 aliphatic rings. The molecule has 7 nitrogen and oxygen atoms in total. The molecule has 3 aromatic carbocycles. The summed E-state index contributed by atoms with van der Waals surface area (Å²) in [7, 11) is 0. The van der Waals surface area contributed by atoms with Crippen LogP contribution in [0.15, 0.2) is 65.1 Å². The molecular weight excluding hydrogens is 418 g/mol. The van der Waals surface area contributed by atoms with Gasteiger partial charge in [0.15, 0.2) is 0 Å². The Morgan fingerprint density at radius 3 is 2.26 bits per heavy atom. The summed E-state index contributed by atoms with van der Waals surface area (Å²) >= 11 is 6.07. The second-order valence-corrected chi connectivity index (χ2v) is 7.41. The molecule has 1 aromatic heterocycles. The lowest BCUT2D eigenvalue weighted by Crippen LogP contribution is -2.03. The molecule has 4 aromatic rings. The van der Waals surface area contributed by atoms with E-state index in [1.54, 1.807) is 36.4 Å². The van der Waals surface area contributed by atoms with E-state index in [1.165, 1.54) is 18.2 Å². The summed E-state index contributed by atoms with van der Waals surface area (Å²) < 4.78 is 5.68. The molecule has 8 heteroatoms. The first-order valence-electron chi connectivity index (χ1n) is 9.26. The molecule has 0 aliphatic carbocycles. The summed E-state index contributed by atoms with van der Waals surface area (Å²) in [4.78, 5) is 12.3. The van der Waals surface area contributed by atoms with Crippen molar-refractivity contribution in [2.75, 3.05) is 5.32 Å². The monoisotopic (exact) mass is 431 g/mol. The number of hydrogen-bond donors (Lipinski definition) is 3. The zero-order chi connectivity index (χ0) is 21.5. The first-order chi connectivity index (χ1) is 15.0. The van der Waals surface area contributed by atoms with E-state index in [4.69, 9.17) is 16.0 Å². The van der Waals surface area contributed by atoms with E-state index in [2.05, 4.69) is 15.5 Å². The quantitative estimate of drug-likeness (QED) is 0.395. The second-order valence-electron chi connectivity index (χ2n) is 6.97. The van der Waals surface area contributed by atoms with Crippen LogP contribution in [0.4, 0.5) is 5.69 Å². The number of phenolic OH excluding ortho intramolecular Hbond substituents is 2. The van der Waals surface area contributed by atoms with Crippen LogP contribution in [0.3, 0.4) is 0 Å². The van der Waals surface area contributed by atoms with E-state index in [0.29, 0.717) is 21.7 Å². The largest absolute Gasteiger partial charge is 0.508 e. The predicted octanol–water partition coefficient (Wildman–Crippen LogP) is 4.96. The molecule has 1 amide bonds. The summed E-state index contributed by atoms with van der Waals surface area (Å²) in [5.74, 6) is 0.0606. The number of carbonyl (C=O) groups excluding carboxylic acids is 1. The number of anilines is 1. The van der Waals surface area contributed by atoms with Crippen LogP contribution in [-0.2, 0) is 4.79 Å². The summed E-state index contributed by atoms with van der Waals surface area (Å²) in [6.07, 6.45) is 1.79. The van der Waals surface area contributed by atoms with Gasteiger partial charge in [-0.2, -0.15) is 0 Å². The van der Waals surface area contributed by atoms with Crippen molar-refractivity contribution in [2.24, 2.45) is 0 Å². The van der Waals surface area contributed by atoms with Crippen LogP contribution in [-0.4, -0.2) is 26.3 Å². The molecule has 0 atom stereocenters. The van der Waals surface area contributed by atoms with Crippen LogP contribution in [0.25, 0.3) is 34.6 Å². The van der Waals surface area contributed by atoms with Crippen molar-refractivity contribution >= 4 is 34.8 Å². The van der Waals surface area contributed by atoms with Gasteiger partial charge in [-0.1, -0.05) is 23.7 Å². The molecule has 2 heterocycles. The number of aromatic hydroxyl groups is 2. The molecule has 0 spiro atoms. The maximum atomic E-state index is 12.3. The number of nitrogens with one attached hydrogen (secondary N) is 1. The third kappa shape index (κ3) is 3.62. The number of amides is 1. The predicted molar refractivity (Wildman–Crippen MR) is 116 cm³/mol. The Kier molecular flexibility index (Phi) is 4.45. The van der Waals surface area contributed by atoms with E-state index in [0.717, 1.165) is 16.8 Å². The van der Waals surface area contributed by atoms with Crippen molar-refractivity contribution < 1.29 is 19.4 Å². The Hall–Kier alpha value is -4.10. The normalized spacial score (nSPS) is 14.0. The number of benzene rings is 3. The van der Waals surface area contributed by atoms with E-state index in [-0.39, 0.29) is 29.2 Å². The number of aromatic nitrogens is 2. The van der Waals surface area contributed by atoms with E-state index >= 15 is 0 Å². The third-order valence-electron chi connectivity index (χ3n) is 4.81. The van der Waals surface area contributed by atoms with Crippen LogP contribution < -0.4 is 5.32 Å². The lowest BCUT2D eigenvalue weighted by atomic mass is 10.0. The SMILES string of the molecule is O=C1Nc2ccc(Cl)cc2/C1=C\c1ccc(-c2nnc(-c3cc(O)cc(O)c3)o2)cc1. The molecule has 0 unspecified atom stereocenters. The first-order valence-corrected chi connectivity index (χ1v) is 9.64. The standard InChI is InChI=1S/C23H14ClN3O4/c24-15-5-6-20-18(10-15)19(21(30)25-20)7-12-1-3-13(4-2-12)22-26-27-23(31-22)14-8-16(28)11-17(29)9-14/h1-11,28-29H,(H,25,30)/b19-7+. The van der Waals surface area contributed by atoms with Crippen molar-refractivity contribution in [2.45, 2.75) is 0 Å². The van der Waals surface area contributed by atoms with Gasteiger partial charge in [-0.3, -0.25) is 4.79 Å². The van der Waals surface area contributed by atoms with Crippen LogP contribution >= 0.6 is 11.6 Å².